The van der Waals surface area contributed by atoms with Crippen molar-refractivity contribution in [3.05, 3.63) is 0 Å². The van der Waals surface area contributed by atoms with Crippen molar-refractivity contribution in [2.75, 3.05) is 6.54 Å². The van der Waals surface area contributed by atoms with Crippen molar-refractivity contribution in [3.8, 4) is 0 Å². The molecule has 3 saturated carbocycles. The fourth-order valence-corrected chi connectivity index (χ4v) is 7.08. The Morgan fingerprint density at radius 3 is 2.40 bits per heavy atom. The Kier molecular flexibility index (Phi) is 5.78. The van der Waals surface area contributed by atoms with Crippen LogP contribution in [0.25, 0.3) is 0 Å². The second kappa shape index (κ2) is 7.55. The van der Waals surface area contributed by atoms with E-state index in [1.165, 1.54) is 25.7 Å². The molecule has 0 radical (unpaired) electrons. The molecule has 4 fully saturated rings. The second-order valence-electron chi connectivity index (χ2n) is 8.60. The number of carbonyl (C=O) groups excluding carboxylic acids is 1. The van der Waals surface area contributed by atoms with E-state index in [-0.39, 0.29) is 5.91 Å². The second-order valence-corrected chi connectivity index (χ2v) is 10.7. The highest BCUT2D eigenvalue weighted by Gasteiger charge is 2.55. The maximum absolute atomic E-state index is 13.2. The smallest absolute Gasteiger partial charge is 0.238 e. The molecule has 3 aliphatic carbocycles. The molecule has 0 unspecified atom stereocenters. The lowest BCUT2D eigenvalue weighted by Crippen LogP contribution is -2.58. The third kappa shape index (κ3) is 3.90. The fourth-order valence-electron chi connectivity index (χ4n) is 5.12. The summed E-state index contributed by atoms with van der Waals surface area (Å²) in [6.07, 6.45) is 12.9. The quantitative estimate of drug-likeness (QED) is 0.676. The normalized spacial score (nSPS) is 36.0. The first kappa shape index (κ1) is 19.2. The molecule has 1 heterocycles. The predicted molar refractivity (Wildman–Crippen MR) is 99.7 cm³/mol. The van der Waals surface area contributed by atoms with Gasteiger partial charge in [-0.1, -0.05) is 26.2 Å². The molecule has 0 aromatic carbocycles. The number of rotatable bonds is 7. The maximum Gasteiger partial charge on any atom is 0.238 e. The van der Waals surface area contributed by atoms with E-state index in [2.05, 4.69) is 17.0 Å². The Balaban J connectivity index is 1.65. The Morgan fingerprint density at radius 2 is 1.76 bits per heavy atom. The van der Waals surface area contributed by atoms with Gasteiger partial charge in [0.05, 0.1) is 4.75 Å². The molecule has 0 aromatic heterocycles. The zero-order valence-corrected chi connectivity index (χ0v) is 16.4. The van der Waals surface area contributed by atoms with Crippen LogP contribution < -0.4 is 10.0 Å². The van der Waals surface area contributed by atoms with Crippen LogP contribution in [-0.4, -0.2) is 31.7 Å². The number of unbranched alkanes of at least 4 members (excludes halogenated alkanes) is 2. The number of sulfonamides is 1. The minimum atomic E-state index is -3.47. The van der Waals surface area contributed by atoms with Crippen LogP contribution in [0.1, 0.15) is 90.4 Å². The van der Waals surface area contributed by atoms with Gasteiger partial charge in [-0.05, 0) is 69.6 Å². The number of hydrogen-bond acceptors (Lipinski definition) is 3. The van der Waals surface area contributed by atoms with Crippen LogP contribution >= 0.6 is 0 Å². The molecule has 144 valence electrons. The highest BCUT2D eigenvalue weighted by atomic mass is 32.2. The number of nitrogens with one attached hydrogen (secondary N) is 2. The summed E-state index contributed by atoms with van der Waals surface area (Å²) in [6.45, 7) is 2.88. The number of fused-ring (bicyclic) bond motifs is 3. The van der Waals surface area contributed by atoms with Crippen LogP contribution in [0, 0.1) is 5.41 Å². The molecule has 1 saturated heterocycles. The molecule has 0 spiro atoms. The van der Waals surface area contributed by atoms with E-state index in [0.717, 1.165) is 51.4 Å². The number of hydrogen-bond donors (Lipinski definition) is 2. The van der Waals surface area contributed by atoms with Crippen LogP contribution in [0.5, 0.6) is 0 Å². The van der Waals surface area contributed by atoms with Crippen LogP contribution in [0.4, 0.5) is 0 Å². The van der Waals surface area contributed by atoms with Crippen molar-refractivity contribution in [2.24, 2.45) is 5.41 Å². The van der Waals surface area contributed by atoms with Crippen molar-refractivity contribution in [3.63, 3.8) is 0 Å². The Labute approximate surface area is 152 Å². The van der Waals surface area contributed by atoms with Gasteiger partial charge in [0.15, 0.2) is 0 Å². The van der Waals surface area contributed by atoms with E-state index < -0.39 is 20.8 Å². The highest BCUT2D eigenvalue weighted by Crippen LogP contribution is 2.57. The molecule has 5 nitrogen and oxygen atoms in total. The summed E-state index contributed by atoms with van der Waals surface area (Å²) in [7, 11) is -3.47. The van der Waals surface area contributed by atoms with Gasteiger partial charge in [0.1, 0.15) is 6.04 Å². The van der Waals surface area contributed by atoms with E-state index >= 15 is 0 Å². The van der Waals surface area contributed by atoms with Gasteiger partial charge in [-0.3, -0.25) is 4.79 Å². The summed E-state index contributed by atoms with van der Waals surface area (Å²) in [6, 6.07) is -0.583. The van der Waals surface area contributed by atoms with Crippen LogP contribution in [-0.2, 0) is 14.8 Å². The lowest BCUT2D eigenvalue weighted by Gasteiger charge is -2.53. The van der Waals surface area contributed by atoms with Crippen molar-refractivity contribution in [2.45, 2.75) is 101 Å². The van der Waals surface area contributed by atoms with Gasteiger partial charge in [0.2, 0.25) is 15.9 Å². The topological polar surface area (TPSA) is 75.3 Å². The zero-order valence-electron chi connectivity index (χ0n) is 15.6. The lowest BCUT2D eigenvalue weighted by atomic mass is 9.58. The standard InChI is InChI=1S/C19H34N2O3S/c1-2-3-5-8-18-9-12-19(13-10-18,14-11-18)25(23,24)21-16-7-4-6-15-20-17(16)22/h16,21H,2-15H2,1H3,(H,20,22)/t16-,18?,19?/m0/s1. The van der Waals surface area contributed by atoms with Gasteiger partial charge in [0.25, 0.3) is 0 Å². The third-order valence-electron chi connectivity index (χ3n) is 7.05. The largest absolute Gasteiger partial charge is 0.355 e. The summed E-state index contributed by atoms with van der Waals surface area (Å²) in [4.78, 5) is 12.1. The van der Waals surface area contributed by atoms with Crippen molar-refractivity contribution >= 4 is 15.9 Å². The van der Waals surface area contributed by atoms with E-state index in [4.69, 9.17) is 0 Å². The Bertz CT molecular complexity index is 563. The Hall–Kier alpha value is -0.620. The van der Waals surface area contributed by atoms with Crippen LogP contribution in [0.15, 0.2) is 0 Å². The molecular formula is C19H34N2O3S. The average molecular weight is 371 g/mol. The minimum absolute atomic E-state index is 0.155. The number of carbonyl (C=O) groups is 1. The summed E-state index contributed by atoms with van der Waals surface area (Å²) < 4.78 is 28.5. The van der Waals surface area contributed by atoms with Crippen LogP contribution in [0.3, 0.4) is 0 Å². The van der Waals surface area contributed by atoms with Gasteiger partial charge in [0, 0.05) is 6.54 Å². The van der Waals surface area contributed by atoms with E-state index in [9.17, 15) is 13.2 Å². The summed E-state index contributed by atoms with van der Waals surface area (Å²) in [5.41, 5.74) is 0.395. The highest BCUT2D eigenvalue weighted by molar-refractivity contribution is 7.91. The predicted octanol–water partition coefficient (Wildman–Crippen LogP) is 3.25. The van der Waals surface area contributed by atoms with Crippen LogP contribution in [0.2, 0.25) is 0 Å². The third-order valence-corrected chi connectivity index (χ3v) is 9.39. The fraction of sp³-hybridized carbons (Fsp3) is 0.947. The van der Waals surface area contributed by atoms with E-state index in [0.29, 0.717) is 18.4 Å². The van der Waals surface area contributed by atoms with E-state index in [1.54, 1.807) is 0 Å². The molecule has 6 heteroatoms. The molecule has 1 aliphatic heterocycles. The van der Waals surface area contributed by atoms with Gasteiger partial charge in [-0.15, -0.1) is 0 Å². The average Bonchev–Trinajstić information content (AvgIpc) is 2.81. The minimum Gasteiger partial charge on any atom is -0.355 e. The monoisotopic (exact) mass is 370 g/mol. The van der Waals surface area contributed by atoms with Crippen molar-refractivity contribution in [1.29, 1.82) is 0 Å². The molecule has 4 rings (SSSR count). The molecule has 1 amide bonds. The molecule has 2 bridgehead atoms. The molecule has 2 N–H and O–H groups in total. The molecular weight excluding hydrogens is 336 g/mol. The zero-order chi connectivity index (χ0) is 18.0. The van der Waals surface area contributed by atoms with Crippen molar-refractivity contribution < 1.29 is 13.2 Å². The molecule has 25 heavy (non-hydrogen) atoms. The molecule has 4 aliphatic rings. The summed E-state index contributed by atoms with van der Waals surface area (Å²) >= 11 is 0. The lowest BCUT2D eigenvalue weighted by molar-refractivity contribution is -0.122. The Morgan fingerprint density at radius 1 is 1.08 bits per heavy atom. The molecule has 0 aromatic rings. The SMILES string of the molecule is CCCCCC12CCC(S(=O)(=O)N[C@H]3CCCCNC3=O)(CC1)CC2. The first-order valence-corrected chi connectivity index (χ1v) is 11.7. The van der Waals surface area contributed by atoms with Gasteiger partial charge in [-0.25, -0.2) is 13.1 Å². The van der Waals surface area contributed by atoms with Gasteiger partial charge >= 0.3 is 0 Å². The van der Waals surface area contributed by atoms with Gasteiger partial charge in [-0.2, -0.15) is 0 Å². The first-order chi connectivity index (χ1) is 11.9. The number of amides is 1. The van der Waals surface area contributed by atoms with Crippen molar-refractivity contribution in [1.82, 2.24) is 10.0 Å². The maximum atomic E-state index is 13.2. The summed E-state index contributed by atoms with van der Waals surface area (Å²) in [5.74, 6) is -0.155. The summed E-state index contributed by atoms with van der Waals surface area (Å²) in [5, 5.41) is 2.83. The van der Waals surface area contributed by atoms with E-state index in [1.807, 2.05) is 0 Å². The van der Waals surface area contributed by atoms with Gasteiger partial charge < -0.3 is 5.32 Å². The first-order valence-electron chi connectivity index (χ1n) is 10.2. The molecule has 1 atom stereocenters.